The van der Waals surface area contributed by atoms with Crippen LogP contribution in [-0.4, -0.2) is 36.8 Å². The van der Waals surface area contributed by atoms with Gasteiger partial charge in [0.1, 0.15) is 0 Å². The van der Waals surface area contributed by atoms with Crippen molar-refractivity contribution in [2.45, 2.75) is 49.4 Å². The zero-order valence-corrected chi connectivity index (χ0v) is 24.5. The normalized spacial score (nSPS) is 22.2. The molecule has 210 valence electrons. The standard InChI is InChI=1S/C31H33Cl2N3O3S/c1-2-5-25-17-28(24-7-3-8-27(33)16-24)30(23-11-13-26(32)14-12-23)36(31(25)37)29(22-9-10-22)19-35-40(38,39)20-21-6-4-15-34-18-21/h2-4,6-8,11-16,18,22,25,28-30,35H,1,5,9-10,17,19-20H2. The van der Waals surface area contributed by atoms with Crippen molar-refractivity contribution in [2.75, 3.05) is 6.54 Å². The van der Waals surface area contributed by atoms with Gasteiger partial charge in [0.25, 0.3) is 0 Å². The van der Waals surface area contributed by atoms with Gasteiger partial charge in [-0.3, -0.25) is 9.78 Å². The SMILES string of the molecule is C=CCC1CC(c2cccc(Cl)c2)C(c2ccc(Cl)cc2)N(C(CNS(=O)(=O)Cc2cccnc2)C2CC2)C1=O. The third-order valence-electron chi connectivity index (χ3n) is 7.88. The molecule has 9 heteroatoms. The van der Waals surface area contributed by atoms with E-state index in [1.54, 1.807) is 30.6 Å². The molecule has 0 bridgehead atoms. The van der Waals surface area contributed by atoms with E-state index in [1.165, 1.54) is 0 Å². The molecule has 40 heavy (non-hydrogen) atoms. The molecule has 1 aliphatic heterocycles. The van der Waals surface area contributed by atoms with Gasteiger partial charge in [-0.15, -0.1) is 6.58 Å². The van der Waals surface area contributed by atoms with Crippen molar-refractivity contribution < 1.29 is 13.2 Å². The molecule has 1 saturated heterocycles. The second-order valence-corrected chi connectivity index (χ2v) is 13.4. The summed E-state index contributed by atoms with van der Waals surface area (Å²) in [6, 6.07) is 18.3. The number of nitrogens with one attached hydrogen (secondary N) is 1. The van der Waals surface area contributed by atoms with Gasteiger partial charge in [0.05, 0.1) is 11.8 Å². The minimum atomic E-state index is -3.65. The van der Waals surface area contributed by atoms with Crippen molar-refractivity contribution >= 4 is 39.1 Å². The average molecular weight is 599 g/mol. The summed E-state index contributed by atoms with van der Waals surface area (Å²) in [7, 11) is -3.65. The largest absolute Gasteiger partial charge is 0.330 e. The highest BCUT2D eigenvalue weighted by Gasteiger charge is 2.49. The summed E-state index contributed by atoms with van der Waals surface area (Å²) in [5.74, 6) is -0.241. The lowest BCUT2D eigenvalue weighted by molar-refractivity contribution is -0.147. The van der Waals surface area contributed by atoms with E-state index in [0.717, 1.165) is 24.0 Å². The first kappa shape index (κ1) is 28.8. The average Bonchev–Trinajstić information content (AvgIpc) is 3.77. The van der Waals surface area contributed by atoms with Crippen LogP contribution in [0, 0.1) is 11.8 Å². The molecule has 2 heterocycles. The van der Waals surface area contributed by atoms with E-state index in [-0.39, 0.29) is 48.0 Å². The van der Waals surface area contributed by atoms with Crippen LogP contribution < -0.4 is 4.72 Å². The van der Waals surface area contributed by atoms with Gasteiger partial charge in [0.15, 0.2) is 0 Å². The highest BCUT2D eigenvalue weighted by molar-refractivity contribution is 7.88. The van der Waals surface area contributed by atoms with Gasteiger partial charge in [0, 0.05) is 46.9 Å². The first-order chi connectivity index (χ1) is 19.3. The molecule has 1 aromatic heterocycles. The molecule has 1 aliphatic carbocycles. The highest BCUT2D eigenvalue weighted by atomic mass is 35.5. The molecule has 6 nitrogen and oxygen atoms in total. The minimum Gasteiger partial charge on any atom is -0.330 e. The Labute approximate surface area is 246 Å². The van der Waals surface area contributed by atoms with Crippen molar-refractivity contribution in [1.82, 2.24) is 14.6 Å². The van der Waals surface area contributed by atoms with Crippen LogP contribution in [0.1, 0.15) is 54.3 Å². The number of carbonyl (C=O) groups is 1. The molecule has 4 unspecified atom stereocenters. The second kappa shape index (κ2) is 12.4. The Morgan fingerprint density at radius 3 is 2.48 bits per heavy atom. The van der Waals surface area contributed by atoms with Crippen LogP contribution in [0.3, 0.4) is 0 Å². The lowest BCUT2D eigenvalue weighted by Gasteiger charge is -2.49. The second-order valence-electron chi connectivity index (χ2n) is 10.7. The fourth-order valence-corrected chi connectivity index (χ4v) is 7.35. The Balaban J connectivity index is 1.53. The number of halogens is 2. The van der Waals surface area contributed by atoms with Crippen LogP contribution in [0.5, 0.6) is 0 Å². The Bertz CT molecular complexity index is 1450. The minimum absolute atomic E-state index is 0.0292. The van der Waals surface area contributed by atoms with Gasteiger partial charge in [-0.25, -0.2) is 13.1 Å². The van der Waals surface area contributed by atoms with E-state index < -0.39 is 10.0 Å². The third-order valence-corrected chi connectivity index (χ3v) is 9.68. The maximum Gasteiger partial charge on any atom is 0.226 e. The van der Waals surface area contributed by atoms with Gasteiger partial charge < -0.3 is 4.90 Å². The zero-order valence-electron chi connectivity index (χ0n) is 22.1. The number of nitrogens with zero attached hydrogens (tertiary/aromatic N) is 2. The Kier molecular flexibility index (Phi) is 8.95. The number of allylic oxidation sites excluding steroid dienone is 1. The van der Waals surface area contributed by atoms with E-state index in [0.29, 0.717) is 28.5 Å². The first-order valence-corrected chi connectivity index (χ1v) is 16.0. The van der Waals surface area contributed by atoms with Gasteiger partial charge in [-0.2, -0.15) is 0 Å². The Morgan fingerprint density at radius 1 is 1.05 bits per heavy atom. The molecule has 1 saturated carbocycles. The number of carbonyl (C=O) groups excluding carboxylic acids is 1. The number of likely N-dealkylation sites (tertiary alicyclic amines) is 1. The molecule has 3 aromatic rings. The quantitative estimate of drug-likeness (QED) is 0.255. The number of rotatable bonds is 11. The molecule has 2 aromatic carbocycles. The first-order valence-electron chi connectivity index (χ1n) is 13.6. The lowest BCUT2D eigenvalue weighted by Crippen LogP contribution is -2.55. The maximum atomic E-state index is 14.2. The number of pyridine rings is 1. The van der Waals surface area contributed by atoms with Crippen LogP contribution in [-0.2, 0) is 20.6 Å². The predicted octanol–water partition coefficient (Wildman–Crippen LogP) is 6.54. The molecule has 2 aliphatic rings. The van der Waals surface area contributed by atoms with Crippen LogP contribution in [0.25, 0.3) is 0 Å². The van der Waals surface area contributed by atoms with Gasteiger partial charge in [-0.05, 0) is 78.6 Å². The predicted molar refractivity (Wildman–Crippen MR) is 160 cm³/mol. The number of piperidine rings is 1. The summed E-state index contributed by atoms with van der Waals surface area (Å²) in [5, 5.41) is 1.25. The van der Waals surface area contributed by atoms with Crippen molar-refractivity contribution in [2.24, 2.45) is 11.8 Å². The van der Waals surface area contributed by atoms with Crippen molar-refractivity contribution in [3.63, 3.8) is 0 Å². The lowest BCUT2D eigenvalue weighted by atomic mass is 9.74. The summed E-state index contributed by atoms with van der Waals surface area (Å²) in [6.45, 7) is 4.06. The zero-order chi connectivity index (χ0) is 28.3. The Morgan fingerprint density at radius 2 is 1.82 bits per heavy atom. The molecule has 1 N–H and O–H groups in total. The number of benzene rings is 2. The van der Waals surface area contributed by atoms with Crippen LogP contribution in [0.4, 0.5) is 0 Å². The molecule has 1 amide bonds. The van der Waals surface area contributed by atoms with Crippen LogP contribution in [0.2, 0.25) is 10.0 Å². The molecule has 2 fully saturated rings. The molecule has 0 spiro atoms. The van der Waals surface area contributed by atoms with Crippen molar-refractivity contribution in [1.29, 1.82) is 0 Å². The number of hydrogen-bond donors (Lipinski definition) is 1. The summed E-state index contributed by atoms with van der Waals surface area (Å²) < 4.78 is 29.0. The monoisotopic (exact) mass is 597 g/mol. The van der Waals surface area contributed by atoms with E-state index in [4.69, 9.17) is 23.2 Å². The number of aromatic nitrogens is 1. The van der Waals surface area contributed by atoms with Crippen LogP contribution >= 0.6 is 23.2 Å². The topological polar surface area (TPSA) is 79.4 Å². The van der Waals surface area contributed by atoms with Gasteiger partial charge in [0.2, 0.25) is 15.9 Å². The van der Waals surface area contributed by atoms with E-state index in [2.05, 4.69) is 22.4 Å². The fourth-order valence-electron chi connectivity index (χ4n) is 5.89. The van der Waals surface area contributed by atoms with E-state index >= 15 is 0 Å². The van der Waals surface area contributed by atoms with Crippen LogP contribution in [0.15, 0.2) is 85.7 Å². The highest BCUT2D eigenvalue weighted by Crippen LogP contribution is 2.50. The van der Waals surface area contributed by atoms with E-state index in [1.807, 2.05) is 47.4 Å². The maximum absolute atomic E-state index is 14.2. The third kappa shape index (κ3) is 6.77. The summed E-state index contributed by atoms with van der Waals surface area (Å²) >= 11 is 12.7. The fraction of sp³-hybridized carbons (Fsp3) is 0.355. The summed E-state index contributed by atoms with van der Waals surface area (Å²) in [6.07, 6.45) is 8.03. The van der Waals surface area contributed by atoms with Gasteiger partial charge >= 0.3 is 0 Å². The number of hydrogen-bond acceptors (Lipinski definition) is 4. The van der Waals surface area contributed by atoms with Gasteiger partial charge in [-0.1, -0.05) is 59.6 Å². The molecular formula is C31H33Cl2N3O3S. The Hall–Kier alpha value is -2.71. The van der Waals surface area contributed by atoms with E-state index in [9.17, 15) is 13.2 Å². The smallest absolute Gasteiger partial charge is 0.226 e. The van der Waals surface area contributed by atoms with Crippen molar-refractivity contribution in [3.8, 4) is 0 Å². The molecule has 0 radical (unpaired) electrons. The summed E-state index contributed by atoms with van der Waals surface area (Å²) in [4.78, 5) is 20.2. The molecule has 5 rings (SSSR count). The molecule has 4 atom stereocenters. The van der Waals surface area contributed by atoms with Crippen molar-refractivity contribution in [3.05, 3.63) is 112 Å². The molecular weight excluding hydrogens is 565 g/mol. The summed E-state index contributed by atoms with van der Waals surface area (Å²) in [5.41, 5.74) is 2.62. The number of sulfonamides is 1. The number of amides is 1.